The number of carbonyl (C=O) groups is 1. The molecule has 0 radical (unpaired) electrons. The molecule has 1 amide bonds. The summed E-state index contributed by atoms with van der Waals surface area (Å²) in [5, 5.41) is 0. The van der Waals surface area contributed by atoms with Crippen molar-refractivity contribution in [2.75, 3.05) is 37.6 Å². The first kappa shape index (κ1) is 18.3. The molecular weight excluding hydrogens is 359 g/mol. The maximum atomic E-state index is 12.9. The zero-order chi connectivity index (χ0) is 18.6. The smallest absolute Gasteiger partial charge is 0.241 e. The largest absolute Gasteiger partial charge is 0.368 e. The number of carbonyl (C=O) groups excluding carboxylic acids is 1. The van der Waals surface area contributed by atoms with Gasteiger partial charge in [0.05, 0.1) is 11.4 Å². The molecule has 138 valence electrons. The van der Waals surface area contributed by atoms with Gasteiger partial charge in [-0.1, -0.05) is 0 Å². The number of anilines is 1. The van der Waals surface area contributed by atoms with Gasteiger partial charge in [-0.2, -0.15) is 0 Å². The van der Waals surface area contributed by atoms with Crippen LogP contribution in [0, 0.1) is 5.82 Å². The second-order valence-corrected chi connectivity index (χ2v) is 7.62. The number of hydrogen-bond donors (Lipinski definition) is 1. The average molecular weight is 378 g/mol. The third-order valence-corrected chi connectivity index (χ3v) is 5.61. The van der Waals surface area contributed by atoms with Crippen LogP contribution in [0.3, 0.4) is 0 Å². The first-order valence-electron chi connectivity index (χ1n) is 8.14. The third-order valence-electron chi connectivity index (χ3n) is 4.20. The Hall–Kier alpha value is -2.52. The first-order chi connectivity index (χ1) is 12.5. The molecule has 0 bridgehead atoms. The van der Waals surface area contributed by atoms with Crippen LogP contribution in [0.5, 0.6) is 0 Å². The van der Waals surface area contributed by atoms with Crippen LogP contribution in [0.1, 0.15) is 0 Å². The molecule has 0 aliphatic carbocycles. The van der Waals surface area contributed by atoms with Crippen LogP contribution >= 0.6 is 0 Å². The molecule has 0 atom stereocenters. The monoisotopic (exact) mass is 378 g/mol. The number of amides is 1. The molecule has 1 fully saturated rings. The molecule has 2 heterocycles. The summed E-state index contributed by atoms with van der Waals surface area (Å²) in [5.74, 6) is -0.808. The number of nitrogens with zero attached hydrogens (tertiary/aromatic N) is 3. The summed E-state index contributed by atoms with van der Waals surface area (Å²) in [7, 11) is -3.85. The van der Waals surface area contributed by atoms with Gasteiger partial charge in [0.15, 0.2) is 0 Å². The summed E-state index contributed by atoms with van der Waals surface area (Å²) in [6, 6.07) is 8.28. The highest BCUT2D eigenvalue weighted by molar-refractivity contribution is 7.89. The fourth-order valence-electron chi connectivity index (χ4n) is 2.73. The summed E-state index contributed by atoms with van der Waals surface area (Å²) < 4.78 is 39.5. The Kier molecular flexibility index (Phi) is 5.48. The number of piperazine rings is 1. The lowest BCUT2D eigenvalue weighted by molar-refractivity contribution is -0.130. The molecule has 1 aliphatic rings. The van der Waals surface area contributed by atoms with Crippen molar-refractivity contribution in [1.82, 2.24) is 14.6 Å². The van der Waals surface area contributed by atoms with Crippen molar-refractivity contribution >= 4 is 21.6 Å². The Morgan fingerprint density at radius 1 is 1.04 bits per heavy atom. The number of hydrogen-bond acceptors (Lipinski definition) is 5. The number of sulfonamides is 1. The zero-order valence-corrected chi connectivity index (χ0v) is 14.8. The maximum absolute atomic E-state index is 12.9. The summed E-state index contributed by atoms with van der Waals surface area (Å²) in [5.41, 5.74) is 1.05. The number of pyridine rings is 1. The molecule has 0 spiro atoms. The van der Waals surface area contributed by atoms with Crippen LogP contribution in [0.15, 0.2) is 53.7 Å². The summed E-state index contributed by atoms with van der Waals surface area (Å²) >= 11 is 0. The Labute approximate surface area is 151 Å². The number of aromatic nitrogens is 1. The van der Waals surface area contributed by atoms with Gasteiger partial charge in [0.1, 0.15) is 5.82 Å². The van der Waals surface area contributed by atoms with Gasteiger partial charge in [0, 0.05) is 44.3 Å². The van der Waals surface area contributed by atoms with Gasteiger partial charge in [0.25, 0.3) is 0 Å². The topological polar surface area (TPSA) is 82.6 Å². The zero-order valence-electron chi connectivity index (χ0n) is 14.0. The maximum Gasteiger partial charge on any atom is 0.241 e. The fourth-order valence-corrected chi connectivity index (χ4v) is 3.71. The average Bonchev–Trinajstić information content (AvgIpc) is 2.67. The standard InChI is InChI=1S/C17H19FN4O3S/c18-14-1-3-16(4-2-14)26(24,25)20-13-17(23)22-11-9-21(10-12-22)15-5-7-19-8-6-15/h1-8,20H,9-13H2. The van der Waals surface area contributed by atoms with Gasteiger partial charge in [-0.15, -0.1) is 0 Å². The third kappa shape index (κ3) is 4.36. The van der Waals surface area contributed by atoms with E-state index >= 15 is 0 Å². The highest BCUT2D eigenvalue weighted by Crippen LogP contribution is 2.15. The molecule has 0 saturated carbocycles. The normalized spacial score (nSPS) is 15.1. The van der Waals surface area contributed by atoms with E-state index in [1.165, 1.54) is 0 Å². The molecule has 1 aliphatic heterocycles. The van der Waals surface area contributed by atoms with Crippen LogP contribution in [0.2, 0.25) is 0 Å². The highest BCUT2D eigenvalue weighted by atomic mass is 32.2. The van der Waals surface area contributed by atoms with E-state index in [2.05, 4.69) is 14.6 Å². The molecule has 1 aromatic heterocycles. The molecule has 26 heavy (non-hydrogen) atoms. The van der Waals surface area contributed by atoms with Gasteiger partial charge in [-0.3, -0.25) is 9.78 Å². The Bertz CT molecular complexity index is 851. The van der Waals surface area contributed by atoms with E-state index in [9.17, 15) is 17.6 Å². The van der Waals surface area contributed by atoms with Crippen LogP contribution in [-0.4, -0.2) is 56.9 Å². The minimum absolute atomic E-state index is 0.0748. The number of benzene rings is 1. The summed E-state index contributed by atoms with van der Waals surface area (Å²) in [6.45, 7) is 2.04. The molecule has 7 nitrogen and oxygen atoms in total. The second-order valence-electron chi connectivity index (χ2n) is 5.85. The molecule has 1 aromatic carbocycles. The summed E-state index contributed by atoms with van der Waals surface area (Å²) in [6.07, 6.45) is 3.44. The van der Waals surface area contributed by atoms with Crippen molar-refractivity contribution in [3.63, 3.8) is 0 Å². The molecule has 1 saturated heterocycles. The Morgan fingerprint density at radius 2 is 1.65 bits per heavy atom. The van der Waals surface area contributed by atoms with Crippen molar-refractivity contribution < 1.29 is 17.6 Å². The molecule has 0 unspecified atom stereocenters. The molecule has 2 aromatic rings. The summed E-state index contributed by atoms with van der Waals surface area (Å²) in [4.78, 5) is 20.0. The van der Waals surface area contributed by atoms with Crippen molar-refractivity contribution in [3.8, 4) is 0 Å². The molecule has 3 rings (SSSR count). The van der Waals surface area contributed by atoms with E-state index in [1.54, 1.807) is 17.3 Å². The van der Waals surface area contributed by atoms with Crippen molar-refractivity contribution in [1.29, 1.82) is 0 Å². The van der Waals surface area contributed by atoms with Crippen LogP contribution < -0.4 is 9.62 Å². The lowest BCUT2D eigenvalue weighted by Gasteiger charge is -2.36. The number of halogens is 1. The van der Waals surface area contributed by atoms with E-state index < -0.39 is 15.8 Å². The van der Waals surface area contributed by atoms with Gasteiger partial charge < -0.3 is 9.80 Å². The lowest BCUT2D eigenvalue weighted by atomic mass is 10.2. The minimum atomic E-state index is -3.85. The minimum Gasteiger partial charge on any atom is -0.368 e. The van der Waals surface area contributed by atoms with Crippen molar-refractivity contribution in [3.05, 3.63) is 54.6 Å². The van der Waals surface area contributed by atoms with Crippen molar-refractivity contribution in [2.45, 2.75) is 4.90 Å². The number of nitrogens with one attached hydrogen (secondary N) is 1. The predicted octanol–water partition coefficient (Wildman–Crippen LogP) is 0.848. The van der Waals surface area contributed by atoms with E-state index in [1.807, 2.05) is 12.1 Å². The molecular formula is C17H19FN4O3S. The quantitative estimate of drug-likeness (QED) is 0.834. The van der Waals surface area contributed by atoms with Gasteiger partial charge in [-0.05, 0) is 36.4 Å². The Morgan fingerprint density at radius 3 is 2.27 bits per heavy atom. The molecule has 1 N–H and O–H groups in total. The highest BCUT2D eigenvalue weighted by Gasteiger charge is 2.23. The number of rotatable bonds is 5. The van der Waals surface area contributed by atoms with Crippen LogP contribution in [0.25, 0.3) is 0 Å². The SMILES string of the molecule is O=C(CNS(=O)(=O)c1ccc(F)cc1)N1CCN(c2ccncc2)CC1. The lowest BCUT2D eigenvalue weighted by Crippen LogP contribution is -2.51. The Balaban J connectivity index is 1.52. The van der Waals surface area contributed by atoms with E-state index in [-0.39, 0.29) is 17.3 Å². The fraction of sp³-hybridized carbons (Fsp3) is 0.294. The van der Waals surface area contributed by atoms with Gasteiger partial charge in [-0.25, -0.2) is 17.5 Å². The van der Waals surface area contributed by atoms with E-state index in [0.717, 1.165) is 30.0 Å². The predicted molar refractivity (Wildman–Crippen MR) is 94.6 cm³/mol. The molecule has 9 heteroatoms. The van der Waals surface area contributed by atoms with E-state index in [4.69, 9.17) is 0 Å². The second kappa shape index (κ2) is 7.79. The van der Waals surface area contributed by atoms with E-state index in [0.29, 0.717) is 26.2 Å². The first-order valence-corrected chi connectivity index (χ1v) is 9.62. The van der Waals surface area contributed by atoms with Crippen molar-refractivity contribution in [2.24, 2.45) is 0 Å². The van der Waals surface area contributed by atoms with Crippen LogP contribution in [0.4, 0.5) is 10.1 Å². The van der Waals surface area contributed by atoms with Gasteiger partial charge >= 0.3 is 0 Å². The van der Waals surface area contributed by atoms with Crippen LogP contribution in [-0.2, 0) is 14.8 Å². The van der Waals surface area contributed by atoms with Gasteiger partial charge in [0.2, 0.25) is 15.9 Å².